The van der Waals surface area contributed by atoms with Crippen LogP contribution in [-0.4, -0.2) is 4.98 Å². The molecule has 1 nitrogen and oxygen atoms in total. The first-order valence-electron chi connectivity index (χ1n) is 13.4. The number of hydrogen-bond acceptors (Lipinski definition) is 1. The number of pyridine rings is 1. The van der Waals surface area contributed by atoms with Crippen LogP contribution in [0.15, 0.2) is 84.9 Å². The monoisotopic (exact) mass is 465 g/mol. The maximum atomic E-state index is 5.38. The van der Waals surface area contributed by atoms with Crippen LogP contribution >= 0.6 is 0 Å². The molecule has 1 heteroatoms. The summed E-state index contributed by atoms with van der Waals surface area (Å²) in [4.78, 5) is 5.38. The Morgan fingerprint density at radius 1 is 0.694 bits per heavy atom. The van der Waals surface area contributed by atoms with E-state index in [1.165, 1.54) is 86.5 Å². The molecule has 36 heavy (non-hydrogen) atoms. The third kappa shape index (κ3) is 3.57. The summed E-state index contributed by atoms with van der Waals surface area (Å²) in [6.07, 6.45) is 6.32. The van der Waals surface area contributed by atoms with E-state index in [0.717, 1.165) is 17.8 Å². The van der Waals surface area contributed by atoms with E-state index in [2.05, 4.69) is 98.8 Å². The quantitative estimate of drug-likeness (QED) is 0.254. The lowest BCUT2D eigenvalue weighted by atomic mass is 9.90. The van der Waals surface area contributed by atoms with Crippen molar-refractivity contribution >= 4 is 10.8 Å². The fourth-order valence-electron chi connectivity index (χ4n) is 6.45. The Labute approximate surface area is 213 Å². The summed E-state index contributed by atoms with van der Waals surface area (Å²) in [7, 11) is 0. The Bertz CT molecular complexity index is 1620. The van der Waals surface area contributed by atoms with Gasteiger partial charge in [0.2, 0.25) is 0 Å². The first-order chi connectivity index (χ1) is 17.6. The van der Waals surface area contributed by atoms with Crippen molar-refractivity contribution in [1.82, 2.24) is 4.98 Å². The van der Waals surface area contributed by atoms with Gasteiger partial charge >= 0.3 is 0 Å². The van der Waals surface area contributed by atoms with Crippen LogP contribution in [-0.2, 0) is 6.42 Å². The Hall–Kier alpha value is -3.71. The van der Waals surface area contributed by atoms with Crippen LogP contribution in [0, 0.1) is 13.8 Å². The summed E-state index contributed by atoms with van der Waals surface area (Å²) < 4.78 is 0. The van der Waals surface area contributed by atoms with Crippen LogP contribution in [0.3, 0.4) is 0 Å². The average molecular weight is 466 g/mol. The molecule has 1 saturated carbocycles. The van der Waals surface area contributed by atoms with Crippen molar-refractivity contribution in [3.05, 3.63) is 113 Å². The molecule has 1 aromatic heterocycles. The second-order valence-corrected chi connectivity index (χ2v) is 10.9. The highest BCUT2D eigenvalue weighted by atomic mass is 14.7. The van der Waals surface area contributed by atoms with Crippen LogP contribution in [0.5, 0.6) is 0 Å². The molecule has 0 N–H and O–H groups in total. The fourth-order valence-corrected chi connectivity index (χ4v) is 6.45. The van der Waals surface area contributed by atoms with E-state index in [1.54, 1.807) is 0 Å². The summed E-state index contributed by atoms with van der Waals surface area (Å²) >= 11 is 0. The zero-order valence-electron chi connectivity index (χ0n) is 21.1. The molecule has 0 amide bonds. The van der Waals surface area contributed by atoms with E-state index < -0.39 is 0 Å². The number of fused-ring (bicyclic) bond motifs is 4. The van der Waals surface area contributed by atoms with Gasteiger partial charge in [-0.15, -0.1) is 0 Å². The van der Waals surface area contributed by atoms with Gasteiger partial charge in [0.1, 0.15) is 0 Å². The van der Waals surface area contributed by atoms with Crippen molar-refractivity contribution in [1.29, 1.82) is 0 Å². The van der Waals surface area contributed by atoms with Gasteiger partial charge in [0.05, 0.1) is 11.4 Å². The van der Waals surface area contributed by atoms with Crippen molar-refractivity contribution in [3.63, 3.8) is 0 Å². The highest BCUT2D eigenvalue weighted by molar-refractivity contribution is 6.00. The zero-order valence-corrected chi connectivity index (χ0v) is 21.1. The van der Waals surface area contributed by atoms with Crippen LogP contribution in [0.25, 0.3) is 44.4 Å². The summed E-state index contributed by atoms with van der Waals surface area (Å²) in [5.41, 5.74) is 14.3. The van der Waals surface area contributed by atoms with Gasteiger partial charge < -0.3 is 0 Å². The molecule has 0 bridgehead atoms. The largest absolute Gasteiger partial charge is 0.247 e. The molecule has 2 aliphatic rings. The van der Waals surface area contributed by atoms with Crippen LogP contribution in [0.4, 0.5) is 0 Å². The number of nitrogens with zero attached hydrogens (tertiary/aromatic N) is 1. The molecule has 0 aliphatic heterocycles. The molecule has 4 aromatic carbocycles. The molecule has 0 atom stereocenters. The minimum Gasteiger partial charge on any atom is -0.247 e. The predicted octanol–water partition coefficient (Wildman–Crippen LogP) is 9.41. The van der Waals surface area contributed by atoms with Gasteiger partial charge in [-0.3, -0.25) is 0 Å². The topological polar surface area (TPSA) is 12.9 Å². The zero-order chi connectivity index (χ0) is 24.2. The van der Waals surface area contributed by atoms with Gasteiger partial charge in [-0.2, -0.15) is 0 Å². The highest BCUT2D eigenvalue weighted by Crippen LogP contribution is 2.44. The smallest absolute Gasteiger partial charge is 0.0791 e. The van der Waals surface area contributed by atoms with Gasteiger partial charge in [0.15, 0.2) is 0 Å². The second kappa shape index (κ2) is 8.45. The molecule has 0 saturated heterocycles. The Kier molecular flexibility index (Phi) is 5.06. The summed E-state index contributed by atoms with van der Waals surface area (Å²) in [5, 5.41) is 2.57. The molecule has 1 fully saturated rings. The molecule has 176 valence electrons. The normalized spacial score (nSPS) is 14.8. The lowest BCUT2D eigenvalue weighted by Crippen LogP contribution is -1.98. The minimum atomic E-state index is 0.701. The second-order valence-electron chi connectivity index (χ2n) is 10.9. The van der Waals surface area contributed by atoms with Crippen molar-refractivity contribution in [2.45, 2.75) is 51.9 Å². The number of aryl methyl sites for hydroxylation is 2. The van der Waals surface area contributed by atoms with E-state index in [1.807, 2.05) is 0 Å². The molecule has 5 aromatic rings. The highest BCUT2D eigenvalue weighted by Gasteiger charge is 2.24. The summed E-state index contributed by atoms with van der Waals surface area (Å²) in [6, 6.07) is 31.9. The Morgan fingerprint density at radius 3 is 2.31 bits per heavy atom. The number of hydrogen-bond donors (Lipinski definition) is 0. The molecule has 7 rings (SSSR count). The summed E-state index contributed by atoms with van der Waals surface area (Å²) in [5.74, 6) is 0.701. The van der Waals surface area contributed by atoms with Gasteiger partial charge in [-0.25, -0.2) is 4.98 Å². The Balaban J connectivity index is 1.48. The molecule has 1 heterocycles. The molecular formula is C35H31N. The van der Waals surface area contributed by atoms with Gasteiger partial charge in [-0.1, -0.05) is 91.2 Å². The summed E-state index contributed by atoms with van der Waals surface area (Å²) in [6.45, 7) is 4.36. The molecule has 2 aliphatic carbocycles. The van der Waals surface area contributed by atoms with Crippen molar-refractivity contribution in [3.8, 4) is 33.6 Å². The van der Waals surface area contributed by atoms with Gasteiger partial charge in [0, 0.05) is 16.5 Å². The lowest BCUT2D eigenvalue weighted by molar-refractivity contribution is 0.724. The number of rotatable bonds is 3. The van der Waals surface area contributed by atoms with E-state index in [4.69, 9.17) is 4.98 Å². The van der Waals surface area contributed by atoms with Gasteiger partial charge in [-0.05, 0) is 89.9 Å². The van der Waals surface area contributed by atoms with Crippen molar-refractivity contribution in [2.24, 2.45) is 0 Å². The molecule has 0 spiro atoms. The molecule has 0 radical (unpaired) electrons. The first-order valence-corrected chi connectivity index (χ1v) is 13.4. The number of aromatic nitrogens is 1. The maximum Gasteiger partial charge on any atom is 0.0791 e. The standard InChI is InChI=1S/C35H31N/c1-22-11-13-25(14-12-22)34-21-28-19-26(24-7-3-4-8-24)15-16-30(28)35(36-34)33-18-23(2)17-31-29-10-6-5-9-27(29)20-32(31)33/h5-6,9-19,21,24H,3-4,7-8,20H2,1-2H3. The van der Waals surface area contributed by atoms with E-state index in [0.29, 0.717) is 5.92 Å². The van der Waals surface area contributed by atoms with Gasteiger partial charge in [0.25, 0.3) is 0 Å². The number of benzene rings is 4. The van der Waals surface area contributed by atoms with Crippen LogP contribution in [0.1, 0.15) is 59.4 Å². The molecule has 0 unspecified atom stereocenters. The van der Waals surface area contributed by atoms with E-state index >= 15 is 0 Å². The third-order valence-corrected chi connectivity index (χ3v) is 8.35. The first kappa shape index (κ1) is 21.6. The average Bonchev–Trinajstić information content (AvgIpc) is 3.56. The van der Waals surface area contributed by atoms with Crippen molar-refractivity contribution < 1.29 is 0 Å². The van der Waals surface area contributed by atoms with E-state index in [-0.39, 0.29) is 0 Å². The predicted molar refractivity (Wildman–Crippen MR) is 152 cm³/mol. The Morgan fingerprint density at radius 2 is 1.47 bits per heavy atom. The minimum absolute atomic E-state index is 0.701. The van der Waals surface area contributed by atoms with Crippen LogP contribution < -0.4 is 0 Å². The molecular weight excluding hydrogens is 434 g/mol. The fraction of sp³-hybridized carbons (Fsp3) is 0.229. The van der Waals surface area contributed by atoms with E-state index in [9.17, 15) is 0 Å². The third-order valence-electron chi connectivity index (χ3n) is 8.35. The maximum absolute atomic E-state index is 5.38. The van der Waals surface area contributed by atoms with Crippen LogP contribution in [0.2, 0.25) is 0 Å². The van der Waals surface area contributed by atoms with Crippen molar-refractivity contribution in [2.75, 3.05) is 0 Å². The SMILES string of the molecule is Cc1ccc(-c2cc3cc(C4CCCC4)ccc3c(-c3cc(C)cc4c3Cc3ccccc3-4)n2)cc1. The lowest BCUT2D eigenvalue weighted by Gasteiger charge is -2.17.